The van der Waals surface area contributed by atoms with Crippen molar-refractivity contribution >= 4 is 23.9 Å². The van der Waals surface area contributed by atoms with E-state index in [2.05, 4.69) is 21.2 Å². The van der Waals surface area contributed by atoms with Crippen LogP contribution in [-0.2, 0) is 20.8 Å². The van der Waals surface area contributed by atoms with Crippen molar-refractivity contribution in [2.24, 2.45) is 5.10 Å². The van der Waals surface area contributed by atoms with Crippen molar-refractivity contribution in [2.75, 3.05) is 27.4 Å². The van der Waals surface area contributed by atoms with Gasteiger partial charge in [-0.2, -0.15) is 5.10 Å². The zero-order valence-electron chi connectivity index (χ0n) is 22.8. The van der Waals surface area contributed by atoms with Crippen LogP contribution in [0.3, 0.4) is 0 Å². The summed E-state index contributed by atoms with van der Waals surface area (Å²) in [7, 11) is 3.13. The van der Waals surface area contributed by atoms with E-state index in [-0.39, 0.29) is 25.0 Å². The molecule has 0 aliphatic carbocycles. The Kier molecular flexibility index (Phi) is 11.5. The molecule has 0 radical (unpaired) electrons. The largest absolute Gasteiger partial charge is 0.493 e. The zero-order valence-corrected chi connectivity index (χ0v) is 22.8. The normalized spacial score (nSPS) is 11.4. The third-order valence-corrected chi connectivity index (χ3v) is 5.83. The maximum atomic E-state index is 12.2. The third kappa shape index (κ3) is 9.79. The smallest absolute Gasteiger partial charge is 0.258 e. The van der Waals surface area contributed by atoms with E-state index in [0.717, 1.165) is 11.1 Å². The molecule has 40 heavy (non-hydrogen) atoms. The molecule has 0 bridgehead atoms. The number of hydrazone groups is 1. The van der Waals surface area contributed by atoms with Gasteiger partial charge in [-0.25, -0.2) is 5.43 Å². The molecule has 3 rings (SSSR count). The van der Waals surface area contributed by atoms with Gasteiger partial charge < -0.3 is 24.8 Å². The molecule has 3 aromatic carbocycles. The number of carbonyl (C=O) groups is 3. The van der Waals surface area contributed by atoms with E-state index >= 15 is 0 Å². The van der Waals surface area contributed by atoms with Crippen LogP contribution in [0.2, 0.25) is 0 Å². The summed E-state index contributed by atoms with van der Waals surface area (Å²) in [5.74, 6) is 0.601. The van der Waals surface area contributed by atoms with Crippen molar-refractivity contribution in [1.82, 2.24) is 16.1 Å². The summed E-state index contributed by atoms with van der Waals surface area (Å²) in [6, 6.07) is 21.9. The number of benzene rings is 3. The van der Waals surface area contributed by atoms with Crippen LogP contribution in [0, 0.1) is 0 Å². The Morgan fingerprint density at radius 2 is 1.60 bits per heavy atom. The molecule has 210 valence electrons. The highest BCUT2D eigenvalue weighted by molar-refractivity contribution is 5.97. The van der Waals surface area contributed by atoms with E-state index in [1.54, 1.807) is 44.6 Å². The van der Waals surface area contributed by atoms with Crippen LogP contribution in [0.15, 0.2) is 77.9 Å². The molecule has 10 heteroatoms. The monoisotopic (exact) mass is 546 g/mol. The fourth-order valence-electron chi connectivity index (χ4n) is 3.72. The van der Waals surface area contributed by atoms with Gasteiger partial charge in [0, 0.05) is 6.54 Å². The second kappa shape index (κ2) is 15.5. The van der Waals surface area contributed by atoms with E-state index in [9.17, 15) is 14.4 Å². The highest BCUT2D eigenvalue weighted by Gasteiger charge is 2.11. The van der Waals surface area contributed by atoms with Gasteiger partial charge in [0.05, 0.1) is 26.5 Å². The van der Waals surface area contributed by atoms with E-state index in [0.29, 0.717) is 35.8 Å². The van der Waals surface area contributed by atoms with Crippen LogP contribution in [0.25, 0.3) is 0 Å². The molecule has 0 unspecified atom stereocenters. The molecule has 0 aliphatic heterocycles. The molecule has 0 aromatic heterocycles. The summed E-state index contributed by atoms with van der Waals surface area (Å²) in [6.07, 6.45) is 1.68. The number of hydrogen-bond acceptors (Lipinski definition) is 7. The minimum Gasteiger partial charge on any atom is -0.493 e. The average molecular weight is 547 g/mol. The Bertz CT molecular complexity index is 1300. The van der Waals surface area contributed by atoms with Gasteiger partial charge in [-0.3, -0.25) is 14.4 Å². The average Bonchev–Trinajstić information content (AvgIpc) is 2.97. The molecule has 0 heterocycles. The first-order chi connectivity index (χ1) is 19.4. The Labute approximate surface area is 233 Å². The number of amides is 3. The van der Waals surface area contributed by atoms with Gasteiger partial charge in [0.15, 0.2) is 18.1 Å². The lowest BCUT2D eigenvalue weighted by Crippen LogP contribution is -2.31. The number of carbonyl (C=O) groups excluding carboxylic acids is 3. The third-order valence-electron chi connectivity index (χ3n) is 5.83. The van der Waals surface area contributed by atoms with Crippen molar-refractivity contribution < 1.29 is 28.6 Å². The number of nitrogens with one attached hydrogen (secondary N) is 3. The minimum absolute atomic E-state index is 0.114. The molecule has 10 nitrogen and oxygen atoms in total. The van der Waals surface area contributed by atoms with Gasteiger partial charge in [-0.15, -0.1) is 0 Å². The van der Waals surface area contributed by atoms with Crippen molar-refractivity contribution in [1.29, 1.82) is 0 Å². The van der Waals surface area contributed by atoms with Gasteiger partial charge in [0.25, 0.3) is 5.91 Å². The molecule has 3 aromatic rings. The molecule has 0 saturated carbocycles. The van der Waals surface area contributed by atoms with Crippen LogP contribution < -0.4 is 30.3 Å². The fraction of sp³-hybridized carbons (Fsp3) is 0.267. The van der Waals surface area contributed by atoms with Gasteiger partial charge in [-0.05, 0) is 66.4 Å². The Morgan fingerprint density at radius 3 is 2.30 bits per heavy atom. The number of methoxy groups -OCH3 is 2. The van der Waals surface area contributed by atoms with E-state index in [1.165, 1.54) is 6.21 Å². The quantitative estimate of drug-likeness (QED) is 0.162. The van der Waals surface area contributed by atoms with Crippen LogP contribution in [-0.4, -0.2) is 51.3 Å². The van der Waals surface area contributed by atoms with E-state index < -0.39 is 11.8 Å². The maximum absolute atomic E-state index is 12.2. The number of nitrogens with zero attached hydrogens (tertiary/aromatic N) is 1. The second-order valence-corrected chi connectivity index (χ2v) is 8.82. The fourth-order valence-corrected chi connectivity index (χ4v) is 3.72. The first-order valence-corrected chi connectivity index (χ1v) is 12.7. The lowest BCUT2D eigenvalue weighted by atomic mass is 10.1. The van der Waals surface area contributed by atoms with Crippen molar-refractivity contribution in [3.05, 3.63) is 89.5 Å². The highest BCUT2D eigenvalue weighted by Crippen LogP contribution is 2.27. The van der Waals surface area contributed by atoms with Crippen LogP contribution in [0.4, 0.5) is 0 Å². The summed E-state index contributed by atoms with van der Waals surface area (Å²) in [5, 5.41) is 9.50. The van der Waals surface area contributed by atoms with Gasteiger partial charge in [0.1, 0.15) is 12.2 Å². The lowest BCUT2D eigenvalue weighted by Gasteiger charge is -2.14. The molecular formula is C30H34N4O6. The van der Waals surface area contributed by atoms with Crippen LogP contribution in [0.5, 0.6) is 17.2 Å². The van der Waals surface area contributed by atoms with E-state index in [1.807, 2.05) is 49.4 Å². The first kappa shape index (κ1) is 29.7. The molecule has 3 N–H and O–H groups in total. The molecule has 1 atom stereocenters. The van der Waals surface area contributed by atoms with Gasteiger partial charge in [0.2, 0.25) is 11.8 Å². The van der Waals surface area contributed by atoms with Gasteiger partial charge >= 0.3 is 0 Å². The predicted octanol–water partition coefficient (Wildman–Crippen LogP) is 3.16. The highest BCUT2D eigenvalue weighted by atomic mass is 16.5. The summed E-state index contributed by atoms with van der Waals surface area (Å²) in [4.78, 5) is 36.3. The Morgan fingerprint density at radius 1 is 0.875 bits per heavy atom. The van der Waals surface area contributed by atoms with Gasteiger partial charge in [-0.1, -0.05) is 36.4 Å². The maximum Gasteiger partial charge on any atom is 0.258 e. The number of rotatable bonds is 14. The second-order valence-electron chi connectivity index (χ2n) is 8.82. The molecule has 0 aliphatic rings. The molecule has 0 spiro atoms. The molecular weight excluding hydrogens is 512 g/mol. The van der Waals surface area contributed by atoms with Crippen molar-refractivity contribution in [3.63, 3.8) is 0 Å². The number of hydrogen-bond donors (Lipinski definition) is 3. The minimum atomic E-state index is -0.532. The summed E-state index contributed by atoms with van der Waals surface area (Å²) in [6.45, 7) is 2.17. The van der Waals surface area contributed by atoms with E-state index in [4.69, 9.17) is 14.2 Å². The Balaban J connectivity index is 1.33. The Hall–Kier alpha value is -4.86. The summed E-state index contributed by atoms with van der Waals surface area (Å²) < 4.78 is 16.0. The summed E-state index contributed by atoms with van der Waals surface area (Å²) >= 11 is 0. The standard InChI is InChI=1S/C30H34N4O6/c1-21(24-7-5-4-6-8-24)33-30(37)20-40-25-12-9-23(10-13-25)19-32-34-29(36)18-28(35)31-16-15-22-11-14-26(38-2)27(17-22)39-3/h4-14,17,19,21H,15-16,18,20H2,1-3H3,(H,31,35)(H,33,37)(H,34,36)/b32-19+/t21-/m0/s1. The van der Waals surface area contributed by atoms with Crippen molar-refractivity contribution in [3.8, 4) is 17.2 Å². The lowest BCUT2D eigenvalue weighted by molar-refractivity contribution is -0.129. The number of ether oxygens (including phenoxy) is 3. The van der Waals surface area contributed by atoms with Crippen LogP contribution in [0.1, 0.15) is 36.1 Å². The first-order valence-electron chi connectivity index (χ1n) is 12.7. The predicted molar refractivity (Wildman–Crippen MR) is 152 cm³/mol. The molecule has 0 fully saturated rings. The summed E-state index contributed by atoms with van der Waals surface area (Å²) in [5.41, 5.74) is 5.02. The topological polar surface area (TPSA) is 127 Å². The zero-order chi connectivity index (χ0) is 28.7. The molecule has 3 amide bonds. The molecule has 0 saturated heterocycles. The van der Waals surface area contributed by atoms with Crippen LogP contribution >= 0.6 is 0 Å². The van der Waals surface area contributed by atoms with Crippen molar-refractivity contribution in [2.45, 2.75) is 25.8 Å². The SMILES string of the molecule is COc1ccc(CCNC(=O)CC(=O)N/N=C/c2ccc(OCC(=O)N[C@@H](C)c3ccccc3)cc2)cc1OC.